The van der Waals surface area contributed by atoms with Gasteiger partial charge in [0.05, 0.1) is 18.8 Å². The molecular weight excluding hydrogens is 326 g/mol. The fraction of sp³-hybridized carbons (Fsp3) is 0.412. The number of carbonyl (C=O) groups excluding carboxylic acids is 2. The second-order valence-electron chi connectivity index (χ2n) is 6.09. The van der Waals surface area contributed by atoms with Gasteiger partial charge in [0.2, 0.25) is 0 Å². The van der Waals surface area contributed by atoms with Crippen molar-refractivity contribution in [2.45, 2.75) is 26.4 Å². The molecule has 2 amide bonds. The first kappa shape index (κ1) is 16.6. The van der Waals surface area contributed by atoms with Crippen LogP contribution >= 0.6 is 11.3 Å². The third-order valence-electron chi connectivity index (χ3n) is 4.26. The summed E-state index contributed by atoms with van der Waals surface area (Å²) >= 11 is 1.26. The van der Waals surface area contributed by atoms with Gasteiger partial charge in [0.1, 0.15) is 4.88 Å². The van der Waals surface area contributed by atoms with E-state index in [0.717, 1.165) is 12.2 Å². The molecule has 7 heteroatoms. The number of hydrogen-bond acceptors (Lipinski definition) is 4. The van der Waals surface area contributed by atoms with Gasteiger partial charge in [0.25, 0.3) is 0 Å². The Labute approximate surface area is 145 Å². The highest BCUT2D eigenvalue weighted by Crippen LogP contribution is 2.33. The minimum atomic E-state index is -0.437. The van der Waals surface area contributed by atoms with Gasteiger partial charge in [-0.2, -0.15) is 0 Å². The van der Waals surface area contributed by atoms with Crippen LogP contribution in [0.2, 0.25) is 0 Å². The van der Waals surface area contributed by atoms with Crippen molar-refractivity contribution in [1.29, 1.82) is 0 Å². The molecule has 0 spiro atoms. The predicted molar refractivity (Wildman–Crippen MR) is 93.4 cm³/mol. The molecule has 0 aliphatic carbocycles. The summed E-state index contributed by atoms with van der Waals surface area (Å²) in [5, 5.41) is 4.64. The molecular formula is C17H21N3O3S. The van der Waals surface area contributed by atoms with Crippen LogP contribution in [0.1, 0.15) is 35.3 Å². The molecule has 2 aromatic rings. The molecule has 0 bridgehead atoms. The van der Waals surface area contributed by atoms with E-state index in [9.17, 15) is 9.59 Å². The van der Waals surface area contributed by atoms with Gasteiger partial charge in [0, 0.05) is 25.0 Å². The van der Waals surface area contributed by atoms with Gasteiger partial charge in [0.15, 0.2) is 0 Å². The summed E-state index contributed by atoms with van der Waals surface area (Å²) in [6.07, 6.45) is 2.05. The topological polar surface area (TPSA) is 63.6 Å². The first-order chi connectivity index (χ1) is 11.5. The molecule has 6 nitrogen and oxygen atoms in total. The first-order valence-electron chi connectivity index (χ1n) is 7.91. The van der Waals surface area contributed by atoms with E-state index in [-0.39, 0.29) is 18.0 Å². The van der Waals surface area contributed by atoms with Crippen LogP contribution in [0.15, 0.2) is 29.8 Å². The van der Waals surface area contributed by atoms with Gasteiger partial charge in [-0.15, -0.1) is 11.3 Å². The molecule has 1 unspecified atom stereocenters. The van der Waals surface area contributed by atoms with E-state index in [1.165, 1.54) is 18.4 Å². The van der Waals surface area contributed by atoms with Crippen molar-refractivity contribution in [2.24, 2.45) is 5.92 Å². The third kappa shape index (κ3) is 2.91. The summed E-state index contributed by atoms with van der Waals surface area (Å²) in [5.41, 5.74) is 1.64. The fourth-order valence-corrected chi connectivity index (χ4v) is 3.95. The number of fused-ring (bicyclic) bond motifs is 1. The number of urea groups is 1. The highest BCUT2D eigenvalue weighted by atomic mass is 32.1. The number of rotatable bonds is 3. The number of hydrogen-bond donors (Lipinski definition) is 1. The fourth-order valence-electron chi connectivity index (χ4n) is 3.19. The van der Waals surface area contributed by atoms with Crippen LogP contribution in [0.4, 0.5) is 10.5 Å². The van der Waals surface area contributed by atoms with Crippen molar-refractivity contribution in [3.05, 3.63) is 40.3 Å². The van der Waals surface area contributed by atoms with Crippen LogP contribution in [0, 0.1) is 5.92 Å². The summed E-state index contributed by atoms with van der Waals surface area (Å²) in [5.74, 6) is -0.152. The van der Waals surface area contributed by atoms with Gasteiger partial charge in [-0.05, 0) is 29.5 Å². The summed E-state index contributed by atoms with van der Waals surface area (Å²) < 4.78 is 6.95. The molecule has 1 aliphatic heterocycles. The lowest BCUT2D eigenvalue weighted by molar-refractivity contribution is 0.0607. The Balaban J connectivity index is 1.83. The van der Waals surface area contributed by atoms with E-state index in [1.54, 1.807) is 11.4 Å². The van der Waals surface area contributed by atoms with Gasteiger partial charge in [-0.3, -0.25) is 0 Å². The highest BCUT2D eigenvalue weighted by Gasteiger charge is 2.33. The smallest absolute Gasteiger partial charge is 0.350 e. The lowest BCUT2D eigenvalue weighted by Gasteiger charge is -2.39. The number of nitrogens with zero attached hydrogens (tertiary/aromatic N) is 2. The number of ether oxygens (including phenoxy) is 1. The van der Waals surface area contributed by atoms with Crippen LogP contribution in [-0.4, -0.2) is 35.1 Å². The maximum Gasteiger partial charge on any atom is 0.350 e. The number of esters is 1. The van der Waals surface area contributed by atoms with Crippen molar-refractivity contribution >= 4 is 29.0 Å². The zero-order valence-electron chi connectivity index (χ0n) is 14.0. The van der Waals surface area contributed by atoms with Gasteiger partial charge in [-0.25, -0.2) is 9.59 Å². The zero-order chi connectivity index (χ0) is 17.3. The minimum Gasteiger partial charge on any atom is -0.465 e. The molecule has 24 heavy (non-hydrogen) atoms. The summed E-state index contributed by atoms with van der Waals surface area (Å²) in [4.78, 5) is 26.9. The van der Waals surface area contributed by atoms with Crippen LogP contribution < -0.4 is 5.32 Å². The summed E-state index contributed by atoms with van der Waals surface area (Å²) in [6.45, 7) is 5.62. The standard InChI is InChI=1S/C17H21N3O3S/c1-11(2)14-13-5-4-7-19(13)8-9-20(14)17(22)18-12-6-10-24-15(12)16(21)23-3/h4-7,10-11,14H,8-9H2,1-3H3,(H,18,22). The number of amides is 2. The number of methoxy groups -OCH3 is 1. The maximum atomic E-state index is 12.8. The molecule has 0 saturated carbocycles. The van der Waals surface area contributed by atoms with Crippen LogP contribution in [0.5, 0.6) is 0 Å². The van der Waals surface area contributed by atoms with Crippen LogP contribution in [-0.2, 0) is 11.3 Å². The first-order valence-corrected chi connectivity index (χ1v) is 8.79. The van der Waals surface area contributed by atoms with Crippen LogP contribution in [0.3, 0.4) is 0 Å². The van der Waals surface area contributed by atoms with E-state index in [0.29, 0.717) is 17.1 Å². The highest BCUT2D eigenvalue weighted by molar-refractivity contribution is 7.12. The third-order valence-corrected chi connectivity index (χ3v) is 5.15. The number of nitrogens with one attached hydrogen (secondary N) is 1. The Bertz CT molecular complexity index is 750. The van der Waals surface area contributed by atoms with Crippen molar-refractivity contribution in [3.63, 3.8) is 0 Å². The molecule has 1 N–H and O–H groups in total. The molecule has 1 aliphatic rings. The summed E-state index contributed by atoms with van der Waals surface area (Å²) in [7, 11) is 1.33. The lowest BCUT2D eigenvalue weighted by Crippen LogP contribution is -2.45. The van der Waals surface area contributed by atoms with E-state index >= 15 is 0 Å². The lowest BCUT2D eigenvalue weighted by atomic mass is 9.97. The van der Waals surface area contributed by atoms with E-state index in [2.05, 4.69) is 29.8 Å². The number of anilines is 1. The van der Waals surface area contributed by atoms with E-state index in [1.807, 2.05) is 17.2 Å². The molecule has 0 radical (unpaired) electrons. The SMILES string of the molecule is COC(=O)c1sccc1NC(=O)N1CCn2cccc2C1C(C)C. The zero-order valence-corrected chi connectivity index (χ0v) is 14.8. The van der Waals surface area contributed by atoms with Gasteiger partial charge < -0.3 is 19.5 Å². The molecule has 128 valence electrons. The maximum absolute atomic E-state index is 12.8. The second kappa shape index (κ2) is 6.68. The second-order valence-corrected chi connectivity index (χ2v) is 7.01. The molecule has 2 aromatic heterocycles. The van der Waals surface area contributed by atoms with Crippen molar-refractivity contribution < 1.29 is 14.3 Å². The van der Waals surface area contributed by atoms with Crippen molar-refractivity contribution in [3.8, 4) is 0 Å². The quantitative estimate of drug-likeness (QED) is 0.863. The molecule has 0 fully saturated rings. The molecule has 0 saturated heterocycles. The Morgan fingerprint density at radius 2 is 2.12 bits per heavy atom. The van der Waals surface area contributed by atoms with Gasteiger partial charge in [-0.1, -0.05) is 13.8 Å². The van der Waals surface area contributed by atoms with E-state index < -0.39 is 5.97 Å². The molecule has 0 aromatic carbocycles. The predicted octanol–water partition coefficient (Wildman–Crippen LogP) is 3.58. The molecule has 1 atom stereocenters. The average Bonchev–Trinajstić information content (AvgIpc) is 3.21. The Hall–Kier alpha value is -2.28. The van der Waals surface area contributed by atoms with Crippen molar-refractivity contribution in [2.75, 3.05) is 19.0 Å². The average molecular weight is 347 g/mol. The number of aromatic nitrogens is 1. The monoisotopic (exact) mass is 347 g/mol. The Morgan fingerprint density at radius 1 is 1.33 bits per heavy atom. The number of carbonyl (C=O) groups is 2. The van der Waals surface area contributed by atoms with Gasteiger partial charge >= 0.3 is 12.0 Å². The Morgan fingerprint density at radius 3 is 2.83 bits per heavy atom. The van der Waals surface area contributed by atoms with Crippen molar-refractivity contribution in [1.82, 2.24) is 9.47 Å². The Kier molecular flexibility index (Phi) is 4.62. The molecule has 3 rings (SSSR count). The number of thiophene rings is 1. The van der Waals surface area contributed by atoms with Crippen LogP contribution in [0.25, 0.3) is 0 Å². The normalized spacial score (nSPS) is 16.8. The minimum absolute atomic E-state index is 0.00830. The summed E-state index contributed by atoms with van der Waals surface area (Å²) in [6, 6.07) is 5.62. The molecule has 3 heterocycles. The largest absolute Gasteiger partial charge is 0.465 e. The van der Waals surface area contributed by atoms with E-state index in [4.69, 9.17) is 4.74 Å².